The van der Waals surface area contributed by atoms with Crippen molar-refractivity contribution < 1.29 is 19.4 Å². The molecule has 1 amide bonds. The van der Waals surface area contributed by atoms with Crippen molar-refractivity contribution in [3.05, 3.63) is 50.4 Å². The number of amides is 1. The van der Waals surface area contributed by atoms with Gasteiger partial charge in [0.1, 0.15) is 6.61 Å². The van der Waals surface area contributed by atoms with Gasteiger partial charge in [0.15, 0.2) is 9.61 Å². The summed E-state index contributed by atoms with van der Waals surface area (Å²) in [6, 6.07) is 9.26. The molecule has 2 N–H and O–H groups in total. The Morgan fingerprint density at radius 1 is 1.33 bits per heavy atom. The number of hydrogen-bond acceptors (Lipinski definition) is 5. The molecule has 0 radical (unpaired) electrons. The van der Waals surface area contributed by atoms with Gasteiger partial charge in [-0.3, -0.25) is 0 Å². The van der Waals surface area contributed by atoms with E-state index in [9.17, 15) is 9.59 Å². The predicted molar refractivity (Wildman–Crippen MR) is 80.2 cm³/mol. The fourth-order valence-electron chi connectivity index (χ4n) is 1.54. The van der Waals surface area contributed by atoms with Gasteiger partial charge in [-0.15, -0.1) is 11.3 Å². The van der Waals surface area contributed by atoms with Crippen molar-refractivity contribution >= 4 is 39.3 Å². The molecule has 21 heavy (non-hydrogen) atoms. The Kier molecular flexibility index (Phi) is 5.29. The molecular weight excluding hydrogens is 360 g/mol. The van der Waals surface area contributed by atoms with Crippen molar-refractivity contribution in [3.8, 4) is 0 Å². The van der Waals surface area contributed by atoms with Crippen LogP contribution in [0.4, 0.5) is 4.79 Å². The van der Waals surface area contributed by atoms with Gasteiger partial charge in [0.05, 0.1) is 11.4 Å². The molecule has 0 bridgehead atoms. The van der Waals surface area contributed by atoms with E-state index in [-0.39, 0.29) is 18.8 Å². The summed E-state index contributed by atoms with van der Waals surface area (Å²) in [7, 11) is 0. The quantitative estimate of drug-likeness (QED) is 0.844. The van der Waals surface area contributed by atoms with Crippen LogP contribution in [0.5, 0.6) is 0 Å². The SMILES string of the molecule is O=C(NCc1sc(Br)nc1C(=O)O)OCc1ccccc1. The largest absolute Gasteiger partial charge is 0.476 e. The summed E-state index contributed by atoms with van der Waals surface area (Å²) in [6.45, 7) is 0.212. The molecule has 6 nitrogen and oxygen atoms in total. The van der Waals surface area contributed by atoms with Gasteiger partial charge >= 0.3 is 12.1 Å². The highest BCUT2D eigenvalue weighted by Crippen LogP contribution is 2.23. The Hall–Kier alpha value is -1.93. The lowest BCUT2D eigenvalue weighted by Crippen LogP contribution is -2.24. The molecular formula is C13H11BrN2O4S. The average molecular weight is 371 g/mol. The molecule has 0 spiro atoms. The Balaban J connectivity index is 1.85. The first-order valence-electron chi connectivity index (χ1n) is 5.89. The number of aromatic carboxylic acids is 1. The third kappa shape index (κ3) is 4.54. The van der Waals surface area contributed by atoms with E-state index >= 15 is 0 Å². The van der Waals surface area contributed by atoms with Crippen LogP contribution < -0.4 is 5.32 Å². The lowest BCUT2D eigenvalue weighted by molar-refractivity contribution is 0.0689. The maximum atomic E-state index is 11.6. The van der Waals surface area contributed by atoms with Crippen LogP contribution in [0.1, 0.15) is 20.9 Å². The molecule has 2 aromatic rings. The third-order valence-electron chi connectivity index (χ3n) is 2.48. The molecule has 0 aliphatic rings. The lowest BCUT2D eigenvalue weighted by atomic mass is 10.2. The molecule has 1 aromatic heterocycles. The van der Waals surface area contributed by atoms with E-state index in [0.717, 1.165) is 16.9 Å². The van der Waals surface area contributed by atoms with Crippen molar-refractivity contribution in [2.45, 2.75) is 13.2 Å². The minimum atomic E-state index is -1.13. The monoisotopic (exact) mass is 370 g/mol. The summed E-state index contributed by atoms with van der Waals surface area (Å²) in [5.74, 6) is -1.13. The smallest absolute Gasteiger partial charge is 0.407 e. The first-order valence-corrected chi connectivity index (χ1v) is 7.50. The topological polar surface area (TPSA) is 88.5 Å². The van der Waals surface area contributed by atoms with Crippen molar-refractivity contribution in [2.24, 2.45) is 0 Å². The number of carboxylic acid groups (broad SMARTS) is 1. The number of ether oxygens (including phenoxy) is 1. The van der Waals surface area contributed by atoms with Crippen LogP contribution in [0.15, 0.2) is 34.2 Å². The Morgan fingerprint density at radius 2 is 2.05 bits per heavy atom. The van der Waals surface area contributed by atoms with E-state index in [1.165, 1.54) is 0 Å². The maximum Gasteiger partial charge on any atom is 0.407 e. The summed E-state index contributed by atoms with van der Waals surface area (Å²) in [5, 5.41) is 11.5. The number of carboxylic acids is 1. The molecule has 0 fully saturated rings. The first-order chi connectivity index (χ1) is 10.1. The fraction of sp³-hybridized carbons (Fsp3) is 0.154. The second kappa shape index (κ2) is 7.19. The maximum absolute atomic E-state index is 11.6. The van der Waals surface area contributed by atoms with Crippen LogP contribution in [0.25, 0.3) is 0 Å². The minimum Gasteiger partial charge on any atom is -0.476 e. The summed E-state index contributed by atoms with van der Waals surface area (Å²) in [4.78, 5) is 26.8. The summed E-state index contributed by atoms with van der Waals surface area (Å²) in [5.41, 5.74) is 0.801. The number of thiazole rings is 1. The molecule has 110 valence electrons. The number of carbonyl (C=O) groups excluding carboxylic acids is 1. The number of halogens is 1. The molecule has 0 saturated heterocycles. The lowest BCUT2D eigenvalue weighted by Gasteiger charge is -2.06. The zero-order chi connectivity index (χ0) is 15.2. The molecule has 0 unspecified atom stereocenters. The van der Waals surface area contributed by atoms with Crippen molar-refractivity contribution in [1.29, 1.82) is 0 Å². The number of aromatic nitrogens is 1. The van der Waals surface area contributed by atoms with E-state index in [2.05, 4.69) is 26.2 Å². The highest BCUT2D eigenvalue weighted by atomic mass is 79.9. The van der Waals surface area contributed by atoms with Gasteiger partial charge in [0.2, 0.25) is 0 Å². The minimum absolute atomic E-state index is 0.0541. The highest BCUT2D eigenvalue weighted by Gasteiger charge is 2.17. The van der Waals surface area contributed by atoms with Gasteiger partial charge in [-0.1, -0.05) is 30.3 Å². The predicted octanol–water partition coefficient (Wildman–Crippen LogP) is 3.03. The van der Waals surface area contributed by atoms with Crippen molar-refractivity contribution in [1.82, 2.24) is 10.3 Å². The summed E-state index contributed by atoms with van der Waals surface area (Å²) >= 11 is 4.27. The van der Waals surface area contributed by atoms with Crippen LogP contribution >= 0.6 is 27.3 Å². The van der Waals surface area contributed by atoms with Gasteiger partial charge in [0, 0.05) is 0 Å². The molecule has 1 aromatic carbocycles. The van der Waals surface area contributed by atoms with Crippen LogP contribution in [0.3, 0.4) is 0 Å². The Morgan fingerprint density at radius 3 is 2.71 bits per heavy atom. The van der Waals surface area contributed by atoms with Gasteiger partial charge in [-0.05, 0) is 21.5 Å². The number of benzene rings is 1. The number of carbonyl (C=O) groups is 2. The molecule has 0 saturated carbocycles. The Labute approximate surface area is 132 Å². The Bertz CT molecular complexity index is 645. The van der Waals surface area contributed by atoms with E-state index < -0.39 is 12.1 Å². The van der Waals surface area contributed by atoms with Gasteiger partial charge in [-0.2, -0.15) is 0 Å². The molecule has 8 heteroatoms. The van der Waals surface area contributed by atoms with E-state index in [0.29, 0.717) is 8.79 Å². The van der Waals surface area contributed by atoms with E-state index in [4.69, 9.17) is 9.84 Å². The summed E-state index contributed by atoms with van der Waals surface area (Å²) < 4.78 is 5.49. The average Bonchev–Trinajstić information content (AvgIpc) is 2.85. The number of rotatable bonds is 5. The summed E-state index contributed by atoms with van der Waals surface area (Å²) in [6.07, 6.45) is -0.611. The standard InChI is InChI=1S/C13H11BrN2O4S/c14-12-16-10(11(17)18)9(21-12)6-15-13(19)20-7-8-4-2-1-3-5-8/h1-5H,6-7H2,(H,15,19)(H,17,18). The zero-order valence-corrected chi connectivity index (χ0v) is 13.1. The zero-order valence-electron chi connectivity index (χ0n) is 10.7. The van der Waals surface area contributed by atoms with Crippen LogP contribution in [0.2, 0.25) is 0 Å². The number of nitrogens with zero attached hydrogens (tertiary/aromatic N) is 1. The molecule has 2 rings (SSSR count). The normalized spacial score (nSPS) is 10.1. The number of hydrogen-bond donors (Lipinski definition) is 2. The van der Waals surface area contributed by atoms with Gasteiger partial charge < -0.3 is 15.2 Å². The number of nitrogens with one attached hydrogen (secondary N) is 1. The van der Waals surface area contributed by atoms with Crippen LogP contribution in [0, 0.1) is 0 Å². The molecule has 0 aliphatic heterocycles. The highest BCUT2D eigenvalue weighted by molar-refractivity contribution is 9.11. The van der Waals surface area contributed by atoms with Gasteiger partial charge in [-0.25, -0.2) is 14.6 Å². The van der Waals surface area contributed by atoms with Crippen LogP contribution in [-0.4, -0.2) is 22.2 Å². The fourth-order valence-corrected chi connectivity index (χ4v) is 3.01. The van der Waals surface area contributed by atoms with E-state index in [1.54, 1.807) is 0 Å². The molecule has 0 atom stereocenters. The third-order valence-corrected chi connectivity index (χ3v) is 3.99. The first kappa shape index (κ1) is 15.5. The van der Waals surface area contributed by atoms with Crippen LogP contribution in [-0.2, 0) is 17.9 Å². The van der Waals surface area contributed by atoms with Crippen molar-refractivity contribution in [2.75, 3.05) is 0 Å². The molecule has 1 heterocycles. The van der Waals surface area contributed by atoms with Gasteiger partial charge in [0.25, 0.3) is 0 Å². The number of alkyl carbamates (subject to hydrolysis) is 1. The second-order valence-electron chi connectivity index (χ2n) is 3.96. The van der Waals surface area contributed by atoms with E-state index in [1.807, 2.05) is 30.3 Å². The second-order valence-corrected chi connectivity index (χ2v) is 6.32. The molecule has 0 aliphatic carbocycles. The van der Waals surface area contributed by atoms with Crippen molar-refractivity contribution in [3.63, 3.8) is 0 Å².